The van der Waals surface area contributed by atoms with Gasteiger partial charge in [0.05, 0.1) is 22.7 Å². The molecule has 5 heteroatoms. The predicted octanol–water partition coefficient (Wildman–Crippen LogP) is 5.14. The molecule has 29 heavy (non-hydrogen) atoms. The number of nitrogens with two attached hydrogens (primary N) is 4. The highest BCUT2D eigenvalue weighted by Gasteiger charge is 2.15. The van der Waals surface area contributed by atoms with E-state index in [-0.39, 0.29) is 0 Å². The fraction of sp³-hybridized carbons (Fsp3) is 0. The van der Waals surface area contributed by atoms with E-state index < -0.39 is 0 Å². The molecule has 4 aromatic carbocycles. The topological polar surface area (TPSA) is 113 Å². The Morgan fingerprint density at radius 3 is 1.17 bits per heavy atom. The minimum Gasteiger partial charge on any atom is -0.453 e. The molecule has 0 bridgehead atoms. The molecule has 0 atom stereocenters. The highest BCUT2D eigenvalue weighted by molar-refractivity contribution is 5.90. The first-order valence-corrected chi connectivity index (χ1v) is 9.21. The summed E-state index contributed by atoms with van der Waals surface area (Å²) < 4.78 is 5.97. The van der Waals surface area contributed by atoms with Crippen LogP contribution < -0.4 is 27.7 Å². The normalized spacial score (nSPS) is 10.6. The average molecular weight is 382 g/mol. The third kappa shape index (κ3) is 3.41. The van der Waals surface area contributed by atoms with Crippen molar-refractivity contribution in [1.29, 1.82) is 0 Å². The zero-order valence-electron chi connectivity index (χ0n) is 15.8. The van der Waals surface area contributed by atoms with Crippen molar-refractivity contribution in [3.05, 3.63) is 84.9 Å². The van der Waals surface area contributed by atoms with Gasteiger partial charge in [0.15, 0.2) is 11.5 Å². The Bertz CT molecular complexity index is 1070. The van der Waals surface area contributed by atoms with E-state index in [4.69, 9.17) is 27.7 Å². The summed E-state index contributed by atoms with van der Waals surface area (Å²) in [6, 6.07) is 27.0. The van der Waals surface area contributed by atoms with Crippen LogP contribution in [0.5, 0.6) is 11.5 Å². The van der Waals surface area contributed by atoms with Gasteiger partial charge in [-0.1, -0.05) is 60.7 Å². The molecule has 8 N–H and O–H groups in total. The van der Waals surface area contributed by atoms with Gasteiger partial charge in [-0.3, -0.25) is 0 Å². The Morgan fingerprint density at radius 1 is 0.414 bits per heavy atom. The zero-order chi connectivity index (χ0) is 20.4. The molecule has 0 aliphatic carbocycles. The lowest BCUT2D eigenvalue weighted by molar-refractivity contribution is 0.488. The third-order valence-electron chi connectivity index (χ3n) is 4.88. The Hall–Kier alpha value is -4.12. The maximum absolute atomic E-state index is 6.28. The summed E-state index contributed by atoms with van der Waals surface area (Å²) in [5.74, 6) is 0.862. The van der Waals surface area contributed by atoms with Crippen LogP contribution >= 0.6 is 0 Å². The monoisotopic (exact) mass is 382 g/mol. The molecule has 0 aliphatic heterocycles. The number of benzene rings is 4. The van der Waals surface area contributed by atoms with E-state index in [0.717, 1.165) is 22.3 Å². The zero-order valence-corrected chi connectivity index (χ0v) is 15.8. The van der Waals surface area contributed by atoms with Crippen LogP contribution in [0.2, 0.25) is 0 Å². The van der Waals surface area contributed by atoms with Crippen LogP contribution in [0.4, 0.5) is 22.7 Å². The van der Waals surface area contributed by atoms with Gasteiger partial charge in [-0.15, -0.1) is 0 Å². The van der Waals surface area contributed by atoms with Gasteiger partial charge in [0.25, 0.3) is 0 Å². The quantitative estimate of drug-likeness (QED) is 0.365. The van der Waals surface area contributed by atoms with Crippen molar-refractivity contribution in [2.75, 3.05) is 22.9 Å². The molecule has 0 aliphatic rings. The van der Waals surface area contributed by atoms with E-state index in [1.54, 1.807) is 12.1 Å². The van der Waals surface area contributed by atoms with Crippen LogP contribution in [0.25, 0.3) is 22.3 Å². The standard InChI is InChI=1S/C24H22N4O/c25-21-17(15-7-3-1-4-8-15)11-13-19(23(21)27)29-20-14-12-18(22(26)24(20)28)16-9-5-2-6-10-16/h1-14H,25-28H2. The van der Waals surface area contributed by atoms with E-state index in [1.165, 1.54) is 0 Å². The molecule has 0 saturated heterocycles. The van der Waals surface area contributed by atoms with Crippen molar-refractivity contribution in [3.63, 3.8) is 0 Å². The van der Waals surface area contributed by atoms with Crippen molar-refractivity contribution in [2.24, 2.45) is 0 Å². The molecule has 0 aromatic heterocycles. The van der Waals surface area contributed by atoms with Crippen molar-refractivity contribution >= 4 is 22.7 Å². The molecule has 0 heterocycles. The van der Waals surface area contributed by atoms with Gasteiger partial charge >= 0.3 is 0 Å². The predicted molar refractivity (Wildman–Crippen MR) is 121 cm³/mol. The Kier molecular flexibility index (Phi) is 4.71. The van der Waals surface area contributed by atoms with Gasteiger partial charge in [-0.25, -0.2) is 0 Å². The van der Waals surface area contributed by atoms with E-state index in [0.29, 0.717) is 34.2 Å². The molecular formula is C24H22N4O. The van der Waals surface area contributed by atoms with Crippen molar-refractivity contribution in [2.45, 2.75) is 0 Å². The number of hydrogen-bond acceptors (Lipinski definition) is 5. The number of ether oxygens (including phenoxy) is 1. The molecule has 0 radical (unpaired) electrons. The van der Waals surface area contributed by atoms with Crippen LogP contribution in [0.1, 0.15) is 0 Å². The molecule has 4 rings (SSSR count). The van der Waals surface area contributed by atoms with Crippen LogP contribution in [-0.2, 0) is 0 Å². The average Bonchev–Trinajstić information content (AvgIpc) is 2.76. The highest BCUT2D eigenvalue weighted by Crippen LogP contribution is 2.42. The highest BCUT2D eigenvalue weighted by atomic mass is 16.5. The SMILES string of the molecule is Nc1c(Oc2ccc(-c3ccccc3)c(N)c2N)ccc(-c2ccccc2)c1N. The van der Waals surface area contributed by atoms with Gasteiger partial charge in [-0.2, -0.15) is 0 Å². The van der Waals surface area contributed by atoms with Gasteiger partial charge in [-0.05, 0) is 35.4 Å². The Morgan fingerprint density at radius 2 is 0.793 bits per heavy atom. The second-order valence-electron chi connectivity index (χ2n) is 6.71. The second-order valence-corrected chi connectivity index (χ2v) is 6.71. The molecule has 0 amide bonds. The van der Waals surface area contributed by atoms with Crippen LogP contribution in [-0.4, -0.2) is 0 Å². The molecule has 0 fully saturated rings. The molecule has 0 unspecified atom stereocenters. The minimum absolute atomic E-state index is 0.358. The summed E-state index contributed by atoms with van der Waals surface area (Å²) in [4.78, 5) is 0. The van der Waals surface area contributed by atoms with Gasteiger partial charge in [0, 0.05) is 11.1 Å². The maximum atomic E-state index is 6.28. The molecule has 0 saturated carbocycles. The van der Waals surface area contributed by atoms with E-state index in [2.05, 4.69) is 0 Å². The third-order valence-corrected chi connectivity index (χ3v) is 4.88. The first kappa shape index (κ1) is 18.3. The van der Waals surface area contributed by atoms with Crippen molar-refractivity contribution in [1.82, 2.24) is 0 Å². The summed E-state index contributed by atoms with van der Waals surface area (Å²) in [5.41, 5.74) is 30.4. The van der Waals surface area contributed by atoms with Crippen molar-refractivity contribution in [3.8, 4) is 33.8 Å². The number of nitrogen functional groups attached to an aromatic ring is 4. The lowest BCUT2D eigenvalue weighted by Crippen LogP contribution is -2.03. The Labute approximate surface area is 169 Å². The first-order valence-electron chi connectivity index (χ1n) is 9.21. The minimum atomic E-state index is 0.358. The number of hydrogen-bond donors (Lipinski definition) is 4. The molecule has 0 spiro atoms. The van der Waals surface area contributed by atoms with Crippen LogP contribution in [0.15, 0.2) is 84.9 Å². The summed E-state index contributed by atoms with van der Waals surface area (Å²) in [7, 11) is 0. The summed E-state index contributed by atoms with van der Waals surface area (Å²) in [6.45, 7) is 0. The smallest absolute Gasteiger partial charge is 0.152 e. The molecule has 5 nitrogen and oxygen atoms in total. The molecular weight excluding hydrogens is 360 g/mol. The number of anilines is 4. The van der Waals surface area contributed by atoms with Gasteiger partial charge in [0.1, 0.15) is 0 Å². The summed E-state index contributed by atoms with van der Waals surface area (Å²) in [6.07, 6.45) is 0. The molecule has 4 aromatic rings. The Balaban J connectivity index is 1.68. The second kappa shape index (κ2) is 7.48. The first-order chi connectivity index (χ1) is 14.1. The summed E-state index contributed by atoms with van der Waals surface area (Å²) >= 11 is 0. The van der Waals surface area contributed by atoms with E-state index in [9.17, 15) is 0 Å². The van der Waals surface area contributed by atoms with E-state index in [1.807, 2.05) is 72.8 Å². The van der Waals surface area contributed by atoms with Gasteiger partial charge < -0.3 is 27.7 Å². The molecule has 144 valence electrons. The fourth-order valence-electron chi connectivity index (χ4n) is 3.27. The van der Waals surface area contributed by atoms with Gasteiger partial charge in [0.2, 0.25) is 0 Å². The number of rotatable bonds is 4. The van der Waals surface area contributed by atoms with Crippen LogP contribution in [0.3, 0.4) is 0 Å². The fourth-order valence-corrected chi connectivity index (χ4v) is 3.27. The van der Waals surface area contributed by atoms with E-state index >= 15 is 0 Å². The lowest BCUT2D eigenvalue weighted by Gasteiger charge is -2.17. The largest absolute Gasteiger partial charge is 0.453 e. The van der Waals surface area contributed by atoms with Crippen LogP contribution in [0, 0.1) is 0 Å². The van der Waals surface area contributed by atoms with Crippen molar-refractivity contribution < 1.29 is 4.74 Å². The lowest BCUT2D eigenvalue weighted by atomic mass is 10.0. The maximum Gasteiger partial charge on any atom is 0.152 e. The summed E-state index contributed by atoms with van der Waals surface area (Å²) in [5, 5.41) is 0.